The van der Waals surface area contributed by atoms with Crippen LogP contribution < -0.4 is 10.6 Å². The molecule has 4 nitrogen and oxygen atoms in total. The first kappa shape index (κ1) is 21.4. The topological polar surface area (TPSA) is 39.7 Å². The zero-order valence-electron chi connectivity index (χ0n) is 15.9. The van der Waals surface area contributed by atoms with E-state index < -0.39 is 0 Å². The molecule has 1 saturated carbocycles. The van der Waals surface area contributed by atoms with Crippen LogP contribution in [0.3, 0.4) is 0 Å². The number of benzene rings is 1. The Kier molecular flexibility index (Phi) is 8.13. The third-order valence-electron chi connectivity index (χ3n) is 5.79. The highest BCUT2D eigenvalue weighted by molar-refractivity contribution is 14.0. The normalized spacial score (nSPS) is 20.3. The number of nitrogens with zero attached hydrogens (tertiary/aromatic N) is 2. The molecule has 0 spiro atoms. The van der Waals surface area contributed by atoms with Gasteiger partial charge in [-0.3, -0.25) is 4.99 Å². The molecule has 1 aromatic carbocycles. The van der Waals surface area contributed by atoms with Gasteiger partial charge in [-0.1, -0.05) is 12.1 Å². The van der Waals surface area contributed by atoms with Crippen molar-refractivity contribution in [2.24, 2.45) is 10.9 Å². The number of halogens is 2. The van der Waals surface area contributed by atoms with Crippen LogP contribution in [0, 0.1) is 11.7 Å². The Morgan fingerprint density at radius 1 is 1.27 bits per heavy atom. The lowest BCUT2D eigenvalue weighted by molar-refractivity contribution is 0.213. The first-order chi connectivity index (χ1) is 12.1. The Hall–Kier alpha value is -0.890. The lowest BCUT2D eigenvalue weighted by atomic mass is 9.94. The standard InChI is InChI=1S/C20H31FN4.HI/c1-22-19(23-11-6-16-7-12-25(2)13-8-16)24-15-20(9-10-20)17-4-3-5-18(21)14-17;/h3-5,14,16H,6-13,15H2,1-2H3,(H2,22,23,24);1H. The van der Waals surface area contributed by atoms with Gasteiger partial charge in [0.2, 0.25) is 0 Å². The van der Waals surface area contributed by atoms with E-state index in [1.165, 1.54) is 38.4 Å². The van der Waals surface area contributed by atoms with Crippen molar-refractivity contribution < 1.29 is 4.39 Å². The lowest BCUT2D eigenvalue weighted by Crippen LogP contribution is -2.42. The Bertz CT molecular complexity index is 595. The van der Waals surface area contributed by atoms with Gasteiger partial charge in [-0.2, -0.15) is 0 Å². The Morgan fingerprint density at radius 2 is 2.00 bits per heavy atom. The molecule has 6 heteroatoms. The van der Waals surface area contributed by atoms with Crippen LogP contribution in [0.4, 0.5) is 4.39 Å². The quantitative estimate of drug-likeness (QED) is 0.378. The number of aliphatic imine (C=N–C) groups is 1. The molecule has 2 N–H and O–H groups in total. The van der Waals surface area contributed by atoms with E-state index in [1.54, 1.807) is 12.1 Å². The number of likely N-dealkylation sites (tertiary alicyclic amines) is 1. The van der Waals surface area contributed by atoms with Crippen LogP contribution in [-0.4, -0.2) is 51.1 Å². The van der Waals surface area contributed by atoms with Gasteiger partial charge in [-0.05, 0) is 75.9 Å². The van der Waals surface area contributed by atoms with Gasteiger partial charge in [0.05, 0.1) is 0 Å². The highest BCUT2D eigenvalue weighted by Gasteiger charge is 2.44. The van der Waals surface area contributed by atoms with Gasteiger partial charge in [0, 0.05) is 25.6 Å². The summed E-state index contributed by atoms with van der Waals surface area (Å²) < 4.78 is 13.5. The largest absolute Gasteiger partial charge is 0.356 e. The fraction of sp³-hybridized carbons (Fsp3) is 0.650. The van der Waals surface area contributed by atoms with E-state index in [0.29, 0.717) is 0 Å². The summed E-state index contributed by atoms with van der Waals surface area (Å²) in [5.41, 5.74) is 1.18. The molecule has 2 fully saturated rings. The summed E-state index contributed by atoms with van der Waals surface area (Å²) in [6, 6.07) is 7.02. The molecule has 2 aliphatic rings. The smallest absolute Gasteiger partial charge is 0.191 e. The second kappa shape index (κ2) is 9.88. The van der Waals surface area contributed by atoms with Crippen molar-refractivity contribution in [2.45, 2.75) is 37.5 Å². The third-order valence-corrected chi connectivity index (χ3v) is 5.79. The maximum Gasteiger partial charge on any atom is 0.191 e. The average Bonchev–Trinajstić information content (AvgIpc) is 3.41. The molecule has 1 aromatic rings. The maximum absolute atomic E-state index is 13.5. The zero-order chi connectivity index (χ0) is 17.7. The van der Waals surface area contributed by atoms with Crippen LogP contribution in [0.15, 0.2) is 29.3 Å². The van der Waals surface area contributed by atoms with Crippen molar-refractivity contribution in [3.05, 3.63) is 35.6 Å². The fourth-order valence-corrected chi connectivity index (χ4v) is 3.76. The van der Waals surface area contributed by atoms with Crippen LogP contribution in [0.1, 0.15) is 37.7 Å². The molecule has 1 aliphatic heterocycles. The van der Waals surface area contributed by atoms with Crippen molar-refractivity contribution in [3.8, 4) is 0 Å². The van der Waals surface area contributed by atoms with Gasteiger partial charge < -0.3 is 15.5 Å². The maximum atomic E-state index is 13.5. The monoisotopic (exact) mass is 474 g/mol. The van der Waals surface area contributed by atoms with E-state index in [0.717, 1.165) is 43.4 Å². The Labute approximate surface area is 174 Å². The molecule has 0 atom stereocenters. The summed E-state index contributed by atoms with van der Waals surface area (Å²) in [5.74, 6) is 1.53. The molecule has 1 saturated heterocycles. The third kappa shape index (κ3) is 5.81. The van der Waals surface area contributed by atoms with Crippen molar-refractivity contribution in [3.63, 3.8) is 0 Å². The van der Waals surface area contributed by atoms with Crippen molar-refractivity contribution in [1.82, 2.24) is 15.5 Å². The van der Waals surface area contributed by atoms with Crippen molar-refractivity contribution >= 4 is 29.9 Å². The van der Waals surface area contributed by atoms with E-state index in [9.17, 15) is 4.39 Å². The SMILES string of the molecule is CN=C(NCCC1CCN(C)CC1)NCC1(c2cccc(F)c2)CC1.I. The van der Waals surface area contributed by atoms with Gasteiger partial charge in [-0.25, -0.2) is 4.39 Å². The molecule has 3 rings (SSSR count). The predicted molar refractivity (Wildman–Crippen MR) is 117 cm³/mol. The highest BCUT2D eigenvalue weighted by atomic mass is 127. The highest BCUT2D eigenvalue weighted by Crippen LogP contribution is 2.47. The zero-order valence-corrected chi connectivity index (χ0v) is 18.3. The van der Waals surface area contributed by atoms with Gasteiger partial charge in [0.25, 0.3) is 0 Å². The minimum Gasteiger partial charge on any atom is -0.356 e. The number of piperidine rings is 1. The molecule has 0 radical (unpaired) electrons. The lowest BCUT2D eigenvalue weighted by Gasteiger charge is -2.29. The summed E-state index contributed by atoms with van der Waals surface area (Å²) in [6.07, 6.45) is 6.01. The molecule has 1 heterocycles. The van der Waals surface area contributed by atoms with Gasteiger partial charge in [0.1, 0.15) is 5.82 Å². The summed E-state index contributed by atoms with van der Waals surface area (Å²) in [6.45, 7) is 4.20. The summed E-state index contributed by atoms with van der Waals surface area (Å²) in [4.78, 5) is 6.75. The average molecular weight is 474 g/mol. The molecule has 26 heavy (non-hydrogen) atoms. The van der Waals surface area contributed by atoms with E-state index in [2.05, 4.69) is 27.6 Å². The number of rotatable bonds is 6. The Morgan fingerprint density at radius 3 is 2.62 bits per heavy atom. The number of nitrogens with one attached hydrogen (secondary N) is 2. The fourth-order valence-electron chi connectivity index (χ4n) is 3.76. The molecule has 0 amide bonds. The van der Waals surface area contributed by atoms with Gasteiger partial charge >= 0.3 is 0 Å². The minimum absolute atomic E-state index is 0. The van der Waals surface area contributed by atoms with Crippen LogP contribution in [0.25, 0.3) is 0 Å². The van der Waals surface area contributed by atoms with Crippen molar-refractivity contribution in [2.75, 3.05) is 40.3 Å². The number of hydrogen-bond acceptors (Lipinski definition) is 2. The predicted octanol–water partition coefficient (Wildman–Crippen LogP) is 3.37. The second-order valence-corrected chi connectivity index (χ2v) is 7.68. The summed E-state index contributed by atoms with van der Waals surface area (Å²) >= 11 is 0. The molecular formula is C20H32FIN4. The summed E-state index contributed by atoms with van der Waals surface area (Å²) in [7, 11) is 4.01. The van der Waals surface area contributed by atoms with E-state index >= 15 is 0 Å². The summed E-state index contributed by atoms with van der Waals surface area (Å²) in [5, 5.41) is 6.89. The van der Waals surface area contributed by atoms with Crippen LogP contribution >= 0.6 is 24.0 Å². The van der Waals surface area contributed by atoms with E-state index in [4.69, 9.17) is 0 Å². The molecule has 1 aliphatic carbocycles. The molecule has 0 aromatic heterocycles. The van der Waals surface area contributed by atoms with Crippen molar-refractivity contribution in [1.29, 1.82) is 0 Å². The molecule has 0 bridgehead atoms. The van der Waals surface area contributed by atoms with Crippen LogP contribution in [-0.2, 0) is 5.41 Å². The minimum atomic E-state index is -0.149. The Balaban J connectivity index is 0.00000243. The van der Waals surface area contributed by atoms with E-state index in [1.807, 2.05) is 13.1 Å². The number of guanidine groups is 1. The van der Waals surface area contributed by atoms with Crippen LogP contribution in [0.5, 0.6) is 0 Å². The van der Waals surface area contributed by atoms with Crippen LogP contribution in [0.2, 0.25) is 0 Å². The van der Waals surface area contributed by atoms with Gasteiger partial charge in [-0.15, -0.1) is 24.0 Å². The van der Waals surface area contributed by atoms with Gasteiger partial charge in [0.15, 0.2) is 5.96 Å². The first-order valence-electron chi connectivity index (χ1n) is 9.50. The molecule has 146 valence electrons. The number of hydrogen-bond donors (Lipinski definition) is 2. The second-order valence-electron chi connectivity index (χ2n) is 7.68. The first-order valence-corrected chi connectivity index (χ1v) is 9.50. The van der Waals surface area contributed by atoms with E-state index in [-0.39, 0.29) is 35.2 Å². The molecule has 0 unspecified atom stereocenters. The molecular weight excluding hydrogens is 442 g/mol.